The minimum atomic E-state index is -4.42. The summed E-state index contributed by atoms with van der Waals surface area (Å²) in [6, 6.07) is 9.62. The lowest BCUT2D eigenvalue weighted by atomic mass is 10.2. The van der Waals surface area contributed by atoms with Crippen LogP contribution in [0.4, 0.5) is 13.2 Å². The van der Waals surface area contributed by atoms with E-state index < -0.39 is 11.9 Å². The van der Waals surface area contributed by atoms with Crippen LogP contribution in [0.2, 0.25) is 0 Å². The van der Waals surface area contributed by atoms with Crippen molar-refractivity contribution in [1.29, 1.82) is 0 Å². The van der Waals surface area contributed by atoms with Crippen molar-refractivity contribution < 1.29 is 18.0 Å². The summed E-state index contributed by atoms with van der Waals surface area (Å²) in [7, 11) is 0. The lowest BCUT2D eigenvalue weighted by molar-refractivity contribution is -0.140. The molecular weight excluding hydrogens is 403 g/mol. The van der Waals surface area contributed by atoms with Gasteiger partial charge in [-0.1, -0.05) is 30.3 Å². The standard InChI is InChI=1S/C19H24F3N5OS/c1-2-23-18(25-11-9-17-27-15(13-29-17)19(20,21)22)24-10-8-16(28)26-12-14-6-4-3-5-7-14/h3-7,13H,2,8-12H2,1H3,(H,26,28)(H2,23,24,25). The number of amides is 1. The van der Waals surface area contributed by atoms with Crippen LogP contribution in [-0.2, 0) is 23.9 Å². The molecule has 0 spiro atoms. The van der Waals surface area contributed by atoms with Gasteiger partial charge in [-0.05, 0) is 12.5 Å². The Labute approximate surface area is 171 Å². The van der Waals surface area contributed by atoms with E-state index in [1.54, 1.807) is 0 Å². The van der Waals surface area contributed by atoms with E-state index >= 15 is 0 Å². The third-order valence-corrected chi connectivity index (χ3v) is 4.67. The highest BCUT2D eigenvalue weighted by Gasteiger charge is 2.33. The minimum Gasteiger partial charge on any atom is -0.357 e. The number of alkyl halides is 3. The smallest absolute Gasteiger partial charge is 0.357 e. The highest BCUT2D eigenvalue weighted by atomic mass is 32.1. The van der Waals surface area contributed by atoms with Crippen molar-refractivity contribution in [3.8, 4) is 0 Å². The first-order valence-corrected chi connectivity index (χ1v) is 10.1. The Bertz CT molecular complexity index is 793. The average molecular weight is 427 g/mol. The van der Waals surface area contributed by atoms with Crippen LogP contribution >= 0.6 is 11.3 Å². The van der Waals surface area contributed by atoms with Gasteiger partial charge in [0, 0.05) is 44.4 Å². The fourth-order valence-electron chi connectivity index (χ4n) is 2.34. The van der Waals surface area contributed by atoms with Gasteiger partial charge in [-0.15, -0.1) is 11.3 Å². The van der Waals surface area contributed by atoms with Crippen LogP contribution in [0.1, 0.15) is 29.6 Å². The molecule has 1 aromatic carbocycles. The zero-order valence-corrected chi connectivity index (χ0v) is 16.9. The van der Waals surface area contributed by atoms with E-state index in [2.05, 4.69) is 25.9 Å². The van der Waals surface area contributed by atoms with Crippen LogP contribution in [0.5, 0.6) is 0 Å². The molecule has 2 aromatic rings. The van der Waals surface area contributed by atoms with Crippen LogP contribution < -0.4 is 16.0 Å². The Morgan fingerprint density at radius 3 is 2.59 bits per heavy atom. The van der Waals surface area contributed by atoms with Gasteiger partial charge >= 0.3 is 6.18 Å². The summed E-state index contributed by atoms with van der Waals surface area (Å²) in [5.74, 6) is 0.427. The number of aromatic nitrogens is 1. The summed E-state index contributed by atoms with van der Waals surface area (Å²) in [4.78, 5) is 19.8. The molecule has 0 radical (unpaired) electrons. The maximum atomic E-state index is 12.6. The molecule has 0 saturated carbocycles. The second kappa shape index (κ2) is 11.4. The van der Waals surface area contributed by atoms with Crippen molar-refractivity contribution in [2.45, 2.75) is 32.5 Å². The lowest BCUT2D eigenvalue weighted by Gasteiger charge is -2.11. The number of thiazole rings is 1. The van der Waals surface area contributed by atoms with Crippen molar-refractivity contribution in [3.63, 3.8) is 0 Å². The van der Waals surface area contributed by atoms with Crippen molar-refractivity contribution in [2.75, 3.05) is 19.6 Å². The molecule has 0 unspecified atom stereocenters. The van der Waals surface area contributed by atoms with E-state index in [-0.39, 0.29) is 12.3 Å². The fraction of sp³-hybridized carbons (Fsp3) is 0.421. The summed E-state index contributed by atoms with van der Waals surface area (Å²) in [5.41, 5.74) is 0.160. The normalized spacial score (nSPS) is 11.9. The van der Waals surface area contributed by atoms with Crippen LogP contribution in [0.15, 0.2) is 40.7 Å². The molecule has 1 heterocycles. The number of carbonyl (C=O) groups excluding carboxylic acids is 1. The number of hydrogen-bond acceptors (Lipinski definition) is 4. The maximum absolute atomic E-state index is 12.6. The molecule has 0 aliphatic carbocycles. The van der Waals surface area contributed by atoms with Gasteiger partial charge in [-0.25, -0.2) is 4.98 Å². The van der Waals surface area contributed by atoms with Gasteiger partial charge < -0.3 is 16.0 Å². The molecule has 29 heavy (non-hydrogen) atoms. The first-order valence-electron chi connectivity index (χ1n) is 9.23. The Kier molecular flexibility index (Phi) is 8.91. The summed E-state index contributed by atoms with van der Waals surface area (Å²) in [5, 5.41) is 10.3. The number of aliphatic imine (C=N–C) groups is 1. The molecule has 0 fully saturated rings. The first-order chi connectivity index (χ1) is 13.9. The van der Waals surface area contributed by atoms with Gasteiger partial charge in [0.25, 0.3) is 0 Å². The molecule has 0 aliphatic heterocycles. The molecule has 10 heteroatoms. The van der Waals surface area contributed by atoms with Gasteiger partial charge in [0.1, 0.15) is 0 Å². The van der Waals surface area contributed by atoms with Gasteiger partial charge in [-0.3, -0.25) is 9.79 Å². The molecule has 2 rings (SSSR count). The Hall–Kier alpha value is -2.62. The van der Waals surface area contributed by atoms with Crippen LogP contribution in [0, 0.1) is 0 Å². The fourth-order valence-corrected chi connectivity index (χ4v) is 3.13. The van der Waals surface area contributed by atoms with Crippen molar-refractivity contribution >= 4 is 23.2 Å². The molecule has 0 aliphatic rings. The van der Waals surface area contributed by atoms with Crippen molar-refractivity contribution in [1.82, 2.24) is 20.9 Å². The van der Waals surface area contributed by atoms with E-state index in [9.17, 15) is 18.0 Å². The number of hydrogen-bond donors (Lipinski definition) is 3. The molecular formula is C19H24F3N5OS. The van der Waals surface area contributed by atoms with E-state index in [0.717, 1.165) is 22.3 Å². The molecule has 6 nitrogen and oxygen atoms in total. The van der Waals surface area contributed by atoms with E-state index in [4.69, 9.17) is 0 Å². The number of carbonyl (C=O) groups is 1. The van der Waals surface area contributed by atoms with Crippen LogP contribution in [0.25, 0.3) is 0 Å². The topological polar surface area (TPSA) is 78.4 Å². The number of rotatable bonds is 9. The molecule has 0 atom stereocenters. The SMILES string of the molecule is CCNC(=NCCc1nc(C(F)(F)F)cs1)NCCC(=O)NCc1ccccc1. The van der Waals surface area contributed by atoms with E-state index in [1.165, 1.54) is 0 Å². The second-order valence-corrected chi connectivity index (χ2v) is 7.02. The zero-order valence-electron chi connectivity index (χ0n) is 16.1. The van der Waals surface area contributed by atoms with Gasteiger partial charge in [0.05, 0.1) is 5.01 Å². The first kappa shape index (κ1) is 22.7. The number of halogens is 3. The highest BCUT2D eigenvalue weighted by molar-refractivity contribution is 7.09. The monoisotopic (exact) mass is 427 g/mol. The van der Waals surface area contributed by atoms with Crippen LogP contribution in [0.3, 0.4) is 0 Å². The van der Waals surface area contributed by atoms with Crippen molar-refractivity contribution in [2.24, 2.45) is 4.99 Å². The summed E-state index contributed by atoms with van der Waals surface area (Å²) in [6.07, 6.45) is -3.83. The maximum Gasteiger partial charge on any atom is 0.434 e. The summed E-state index contributed by atoms with van der Waals surface area (Å²) < 4.78 is 37.7. The predicted molar refractivity (Wildman–Crippen MR) is 108 cm³/mol. The molecule has 0 bridgehead atoms. The zero-order chi connectivity index (χ0) is 21.1. The number of nitrogens with one attached hydrogen (secondary N) is 3. The second-order valence-electron chi connectivity index (χ2n) is 6.07. The third kappa shape index (κ3) is 8.51. The molecule has 0 saturated heterocycles. The Morgan fingerprint density at radius 1 is 1.17 bits per heavy atom. The Morgan fingerprint density at radius 2 is 1.93 bits per heavy atom. The molecule has 1 amide bonds. The van der Waals surface area contributed by atoms with Gasteiger partial charge in [-0.2, -0.15) is 13.2 Å². The highest BCUT2D eigenvalue weighted by Crippen LogP contribution is 2.30. The minimum absolute atomic E-state index is 0.0836. The average Bonchev–Trinajstić information content (AvgIpc) is 3.17. The van der Waals surface area contributed by atoms with Gasteiger partial charge in [0.15, 0.2) is 11.7 Å². The predicted octanol–water partition coefficient (Wildman–Crippen LogP) is 2.97. The lowest BCUT2D eigenvalue weighted by Crippen LogP contribution is -2.39. The van der Waals surface area contributed by atoms with E-state index in [1.807, 2.05) is 37.3 Å². The Balaban J connectivity index is 1.72. The largest absolute Gasteiger partial charge is 0.434 e. The van der Waals surface area contributed by atoms with Crippen LogP contribution in [-0.4, -0.2) is 36.5 Å². The summed E-state index contributed by atoms with van der Waals surface area (Å²) >= 11 is 0.973. The molecule has 1 aromatic heterocycles. The van der Waals surface area contributed by atoms with Gasteiger partial charge in [0.2, 0.25) is 5.91 Å². The van der Waals surface area contributed by atoms with Crippen molar-refractivity contribution in [3.05, 3.63) is 52.0 Å². The quantitative estimate of drug-likeness (QED) is 0.425. The number of guanidine groups is 1. The van der Waals surface area contributed by atoms with E-state index in [0.29, 0.717) is 43.6 Å². The number of benzene rings is 1. The molecule has 3 N–H and O–H groups in total. The molecule has 158 valence electrons. The summed E-state index contributed by atoms with van der Waals surface area (Å²) in [6.45, 7) is 3.69. The number of nitrogens with zero attached hydrogens (tertiary/aromatic N) is 2. The third-order valence-electron chi connectivity index (χ3n) is 3.76.